The molecule has 0 unspecified atom stereocenters. The van der Waals surface area contributed by atoms with Gasteiger partial charge in [0.25, 0.3) is 0 Å². The van der Waals surface area contributed by atoms with E-state index in [-0.39, 0.29) is 5.69 Å². The van der Waals surface area contributed by atoms with E-state index in [1.807, 2.05) is 32.0 Å². The number of rotatable bonds is 4. The Morgan fingerprint density at radius 1 is 1.39 bits per heavy atom. The van der Waals surface area contributed by atoms with Crippen molar-refractivity contribution in [1.29, 1.82) is 0 Å². The van der Waals surface area contributed by atoms with Gasteiger partial charge in [0.15, 0.2) is 0 Å². The van der Waals surface area contributed by atoms with E-state index in [0.29, 0.717) is 12.4 Å². The molecule has 2 rings (SSSR count). The van der Waals surface area contributed by atoms with Gasteiger partial charge in [0, 0.05) is 18.1 Å². The number of hydrogen-bond acceptors (Lipinski definition) is 1. The number of alkyl halides is 1. The second-order valence-corrected chi connectivity index (χ2v) is 4.92. The number of benzene rings is 1. The molecule has 0 fully saturated rings. The molecule has 3 nitrogen and oxygen atoms in total. The lowest BCUT2D eigenvalue weighted by Crippen LogP contribution is -2.23. The number of allylic oxidation sites excluding steroid dienone is 1. The fourth-order valence-electron chi connectivity index (χ4n) is 2.17. The molecule has 0 amide bonds. The molecule has 2 aromatic rings. The minimum atomic E-state index is -0.0341. The van der Waals surface area contributed by atoms with Gasteiger partial charge in [0.05, 0.1) is 11.0 Å². The molecule has 0 spiro atoms. The number of aryl methyl sites for hydroxylation is 2. The van der Waals surface area contributed by atoms with Gasteiger partial charge in [-0.3, -0.25) is 9.13 Å². The molecule has 0 aliphatic rings. The van der Waals surface area contributed by atoms with E-state index in [4.69, 9.17) is 11.6 Å². The number of hydrogen-bond donors (Lipinski definition) is 0. The van der Waals surface area contributed by atoms with Crippen LogP contribution in [0.4, 0.5) is 0 Å². The average molecular weight is 265 g/mol. The van der Waals surface area contributed by atoms with Crippen molar-refractivity contribution in [2.45, 2.75) is 26.8 Å². The zero-order valence-corrected chi connectivity index (χ0v) is 11.5. The topological polar surface area (TPSA) is 26.9 Å². The van der Waals surface area contributed by atoms with Crippen LogP contribution in [0.1, 0.15) is 18.9 Å². The summed E-state index contributed by atoms with van der Waals surface area (Å²) in [6.07, 6.45) is 0.782. The van der Waals surface area contributed by atoms with Crippen LogP contribution in [-0.4, -0.2) is 15.0 Å². The van der Waals surface area contributed by atoms with Gasteiger partial charge in [-0.25, -0.2) is 4.79 Å². The number of fused-ring (bicyclic) bond motifs is 1. The summed E-state index contributed by atoms with van der Waals surface area (Å²) in [5, 5.41) is 0. The highest BCUT2D eigenvalue weighted by Crippen LogP contribution is 2.18. The summed E-state index contributed by atoms with van der Waals surface area (Å²) >= 11 is 5.72. The van der Waals surface area contributed by atoms with Crippen LogP contribution in [0, 0.1) is 6.92 Å². The monoisotopic (exact) mass is 264 g/mol. The molecule has 0 N–H and O–H groups in total. The standard InChI is InChI=1S/C14H17ClN2O/c1-10(2)17-12-6-5-11(3)9-13(12)16(14(17)18)8-4-7-15/h5-6,9H,1,4,7-8H2,2-3H3. The summed E-state index contributed by atoms with van der Waals surface area (Å²) in [5.74, 6) is 0.554. The molecule has 0 atom stereocenters. The molecule has 4 heteroatoms. The molecule has 0 saturated heterocycles. The van der Waals surface area contributed by atoms with Crippen molar-refractivity contribution in [2.75, 3.05) is 5.88 Å². The molecule has 0 aliphatic heterocycles. The Morgan fingerprint density at radius 2 is 2.11 bits per heavy atom. The zero-order chi connectivity index (χ0) is 13.3. The first-order valence-corrected chi connectivity index (χ1v) is 6.53. The van der Waals surface area contributed by atoms with E-state index in [0.717, 1.165) is 28.7 Å². The van der Waals surface area contributed by atoms with Gasteiger partial charge in [0.1, 0.15) is 0 Å². The maximum absolute atomic E-state index is 12.4. The van der Waals surface area contributed by atoms with Gasteiger partial charge in [-0.15, -0.1) is 11.6 Å². The molecule has 0 bridgehead atoms. The van der Waals surface area contributed by atoms with E-state index in [1.165, 1.54) is 0 Å². The van der Waals surface area contributed by atoms with Crippen molar-refractivity contribution in [3.8, 4) is 0 Å². The Kier molecular flexibility index (Phi) is 3.62. The van der Waals surface area contributed by atoms with Crippen LogP contribution in [0.2, 0.25) is 0 Å². The van der Waals surface area contributed by atoms with Gasteiger partial charge in [0.2, 0.25) is 0 Å². The fourth-order valence-corrected chi connectivity index (χ4v) is 2.29. The molecule has 18 heavy (non-hydrogen) atoms. The summed E-state index contributed by atoms with van der Waals surface area (Å²) in [5.41, 5.74) is 3.70. The van der Waals surface area contributed by atoms with Crippen LogP contribution >= 0.6 is 11.6 Å². The van der Waals surface area contributed by atoms with Crippen LogP contribution < -0.4 is 5.69 Å². The van der Waals surface area contributed by atoms with Gasteiger partial charge >= 0.3 is 5.69 Å². The summed E-state index contributed by atoms with van der Waals surface area (Å²) in [7, 11) is 0. The number of nitrogens with zero attached hydrogens (tertiary/aromatic N) is 2. The first kappa shape index (κ1) is 13.0. The van der Waals surface area contributed by atoms with Crippen LogP contribution in [-0.2, 0) is 6.54 Å². The number of halogens is 1. The second-order valence-electron chi connectivity index (χ2n) is 4.54. The van der Waals surface area contributed by atoms with Crippen molar-refractivity contribution in [3.63, 3.8) is 0 Å². The van der Waals surface area contributed by atoms with E-state index < -0.39 is 0 Å². The molecule has 1 heterocycles. The van der Waals surface area contributed by atoms with E-state index in [2.05, 4.69) is 6.58 Å². The molecular weight excluding hydrogens is 248 g/mol. The third-order valence-corrected chi connectivity index (χ3v) is 3.25. The van der Waals surface area contributed by atoms with Crippen LogP contribution in [0.15, 0.2) is 29.6 Å². The highest BCUT2D eigenvalue weighted by Gasteiger charge is 2.13. The largest absolute Gasteiger partial charge is 0.333 e. The Balaban J connectivity index is 2.75. The van der Waals surface area contributed by atoms with Crippen LogP contribution in [0.3, 0.4) is 0 Å². The summed E-state index contributed by atoms with van der Waals surface area (Å²) in [6.45, 7) is 8.38. The highest BCUT2D eigenvalue weighted by atomic mass is 35.5. The van der Waals surface area contributed by atoms with Crippen LogP contribution in [0.25, 0.3) is 16.7 Å². The molecule has 1 aromatic carbocycles. The second kappa shape index (κ2) is 5.02. The first-order valence-electron chi connectivity index (χ1n) is 6.00. The lowest BCUT2D eigenvalue weighted by Gasteiger charge is -2.01. The van der Waals surface area contributed by atoms with Crippen molar-refractivity contribution in [2.24, 2.45) is 0 Å². The summed E-state index contributed by atoms with van der Waals surface area (Å²) < 4.78 is 3.43. The van der Waals surface area contributed by atoms with Gasteiger partial charge in [-0.05, 0) is 38.0 Å². The quantitative estimate of drug-likeness (QED) is 0.779. The van der Waals surface area contributed by atoms with E-state index >= 15 is 0 Å². The third kappa shape index (κ3) is 2.10. The molecule has 0 radical (unpaired) electrons. The molecular formula is C14H17ClN2O. The van der Waals surface area contributed by atoms with Gasteiger partial charge in [-0.2, -0.15) is 0 Å². The smallest absolute Gasteiger partial charge is 0.292 e. The summed E-state index contributed by atoms with van der Waals surface area (Å²) in [6, 6.07) is 6.01. The Morgan fingerprint density at radius 3 is 2.72 bits per heavy atom. The molecule has 0 aliphatic carbocycles. The van der Waals surface area contributed by atoms with Gasteiger partial charge < -0.3 is 0 Å². The molecule has 96 valence electrons. The molecule has 0 saturated carbocycles. The number of imidazole rings is 1. The minimum Gasteiger partial charge on any atom is -0.292 e. The third-order valence-electron chi connectivity index (χ3n) is 2.98. The van der Waals surface area contributed by atoms with Crippen molar-refractivity contribution >= 4 is 28.3 Å². The van der Waals surface area contributed by atoms with E-state index in [9.17, 15) is 4.79 Å². The van der Waals surface area contributed by atoms with Crippen molar-refractivity contribution in [3.05, 3.63) is 40.8 Å². The predicted molar refractivity (Wildman–Crippen MR) is 77.3 cm³/mol. The Bertz CT molecular complexity index is 652. The first-order chi connectivity index (χ1) is 8.56. The average Bonchev–Trinajstić information content (AvgIpc) is 2.58. The maximum Gasteiger partial charge on any atom is 0.333 e. The Hall–Kier alpha value is -1.48. The molecule has 1 aromatic heterocycles. The maximum atomic E-state index is 12.4. The number of aromatic nitrogens is 2. The van der Waals surface area contributed by atoms with Crippen molar-refractivity contribution in [1.82, 2.24) is 9.13 Å². The highest BCUT2D eigenvalue weighted by molar-refractivity contribution is 6.17. The van der Waals surface area contributed by atoms with Crippen molar-refractivity contribution < 1.29 is 0 Å². The lowest BCUT2D eigenvalue weighted by molar-refractivity contribution is 0.668. The zero-order valence-electron chi connectivity index (χ0n) is 10.7. The predicted octanol–water partition coefficient (Wildman–Crippen LogP) is 3.23. The minimum absolute atomic E-state index is 0.0341. The van der Waals surface area contributed by atoms with Crippen LogP contribution in [0.5, 0.6) is 0 Å². The SMILES string of the molecule is C=C(C)n1c(=O)n(CCCCl)c2cc(C)ccc21. The summed E-state index contributed by atoms with van der Waals surface area (Å²) in [4.78, 5) is 12.4. The fraction of sp³-hybridized carbons (Fsp3) is 0.357. The lowest BCUT2D eigenvalue weighted by atomic mass is 10.2. The van der Waals surface area contributed by atoms with Gasteiger partial charge in [-0.1, -0.05) is 12.6 Å². The normalized spacial score (nSPS) is 11.1. The Labute approximate surface area is 111 Å². The van der Waals surface area contributed by atoms with E-state index in [1.54, 1.807) is 9.13 Å².